The van der Waals surface area contributed by atoms with Crippen LogP contribution >= 0.6 is 0 Å². The molecule has 1 saturated heterocycles. The minimum Gasteiger partial charge on any atom is -0.377 e. The first kappa shape index (κ1) is 14.0. The van der Waals surface area contributed by atoms with Crippen LogP contribution < -0.4 is 5.32 Å². The standard InChI is InChI=1S/C14H29NO/c1-11(2)9-15-10-12-7-6-8-16-13(12)14(3,4)5/h11-13,15H,6-10H2,1-5H3. The molecule has 0 radical (unpaired) electrons. The third kappa shape index (κ3) is 4.42. The van der Waals surface area contributed by atoms with Crippen molar-refractivity contribution in [3.63, 3.8) is 0 Å². The highest BCUT2D eigenvalue weighted by Crippen LogP contribution is 2.33. The van der Waals surface area contributed by atoms with Gasteiger partial charge in [0.05, 0.1) is 6.10 Å². The summed E-state index contributed by atoms with van der Waals surface area (Å²) in [4.78, 5) is 0. The van der Waals surface area contributed by atoms with E-state index in [1.807, 2.05) is 0 Å². The molecule has 16 heavy (non-hydrogen) atoms. The Balaban J connectivity index is 2.41. The van der Waals surface area contributed by atoms with Crippen molar-refractivity contribution in [1.82, 2.24) is 5.32 Å². The maximum Gasteiger partial charge on any atom is 0.0663 e. The van der Waals surface area contributed by atoms with Gasteiger partial charge in [-0.3, -0.25) is 0 Å². The zero-order valence-corrected chi connectivity index (χ0v) is 11.7. The van der Waals surface area contributed by atoms with Gasteiger partial charge in [0.1, 0.15) is 0 Å². The highest BCUT2D eigenvalue weighted by atomic mass is 16.5. The molecule has 0 amide bonds. The Kier molecular flexibility index (Phi) is 5.26. The van der Waals surface area contributed by atoms with Crippen molar-refractivity contribution < 1.29 is 4.74 Å². The molecule has 0 saturated carbocycles. The Morgan fingerprint density at radius 1 is 1.31 bits per heavy atom. The number of ether oxygens (including phenoxy) is 1. The molecule has 1 N–H and O–H groups in total. The van der Waals surface area contributed by atoms with Gasteiger partial charge in [-0.15, -0.1) is 0 Å². The molecule has 0 bridgehead atoms. The summed E-state index contributed by atoms with van der Waals surface area (Å²) >= 11 is 0. The molecule has 0 aromatic carbocycles. The highest BCUT2D eigenvalue weighted by molar-refractivity contribution is 4.85. The number of hydrogen-bond donors (Lipinski definition) is 1. The van der Waals surface area contributed by atoms with Gasteiger partial charge in [0.25, 0.3) is 0 Å². The quantitative estimate of drug-likeness (QED) is 0.797. The van der Waals surface area contributed by atoms with E-state index >= 15 is 0 Å². The summed E-state index contributed by atoms with van der Waals surface area (Å²) in [6.45, 7) is 14.6. The van der Waals surface area contributed by atoms with Gasteiger partial charge in [-0.05, 0) is 36.6 Å². The van der Waals surface area contributed by atoms with Crippen LogP contribution in [0.4, 0.5) is 0 Å². The highest BCUT2D eigenvalue weighted by Gasteiger charge is 2.34. The van der Waals surface area contributed by atoms with Crippen molar-refractivity contribution in [1.29, 1.82) is 0 Å². The monoisotopic (exact) mass is 227 g/mol. The van der Waals surface area contributed by atoms with Crippen molar-refractivity contribution in [3.8, 4) is 0 Å². The van der Waals surface area contributed by atoms with Gasteiger partial charge in [-0.25, -0.2) is 0 Å². The van der Waals surface area contributed by atoms with E-state index in [9.17, 15) is 0 Å². The summed E-state index contributed by atoms with van der Waals surface area (Å²) in [6, 6.07) is 0. The third-order valence-corrected chi connectivity index (χ3v) is 3.26. The van der Waals surface area contributed by atoms with E-state index in [1.54, 1.807) is 0 Å². The molecule has 1 heterocycles. The van der Waals surface area contributed by atoms with Crippen LogP contribution in [0.2, 0.25) is 0 Å². The average molecular weight is 227 g/mol. The van der Waals surface area contributed by atoms with E-state index in [-0.39, 0.29) is 5.41 Å². The zero-order chi connectivity index (χ0) is 12.2. The van der Waals surface area contributed by atoms with Gasteiger partial charge in [-0.2, -0.15) is 0 Å². The van der Waals surface area contributed by atoms with Gasteiger partial charge in [0.15, 0.2) is 0 Å². The number of hydrogen-bond acceptors (Lipinski definition) is 2. The number of rotatable bonds is 4. The molecule has 1 aliphatic rings. The van der Waals surface area contributed by atoms with Crippen LogP contribution in [-0.4, -0.2) is 25.8 Å². The fraction of sp³-hybridized carbons (Fsp3) is 1.00. The SMILES string of the molecule is CC(C)CNCC1CCCOC1C(C)(C)C. The van der Waals surface area contributed by atoms with E-state index in [1.165, 1.54) is 12.8 Å². The van der Waals surface area contributed by atoms with Crippen molar-refractivity contribution in [2.45, 2.75) is 53.6 Å². The fourth-order valence-electron chi connectivity index (χ4n) is 2.57. The fourth-order valence-corrected chi connectivity index (χ4v) is 2.57. The summed E-state index contributed by atoms with van der Waals surface area (Å²) in [5, 5.41) is 3.58. The van der Waals surface area contributed by atoms with Crippen molar-refractivity contribution in [2.24, 2.45) is 17.3 Å². The van der Waals surface area contributed by atoms with E-state index in [4.69, 9.17) is 4.74 Å². The molecular weight excluding hydrogens is 198 g/mol. The maximum atomic E-state index is 5.97. The van der Waals surface area contributed by atoms with Crippen LogP contribution in [-0.2, 0) is 4.74 Å². The summed E-state index contributed by atoms with van der Waals surface area (Å²) in [7, 11) is 0. The molecule has 0 aliphatic carbocycles. The van der Waals surface area contributed by atoms with Gasteiger partial charge in [0, 0.05) is 13.2 Å². The smallest absolute Gasteiger partial charge is 0.0663 e. The lowest BCUT2D eigenvalue weighted by molar-refractivity contribution is -0.0845. The second-order valence-electron chi connectivity index (χ2n) is 6.61. The molecule has 96 valence electrons. The lowest BCUT2D eigenvalue weighted by Gasteiger charge is -2.40. The predicted octanol–water partition coefficient (Wildman–Crippen LogP) is 3.07. The molecular formula is C14H29NO. The molecule has 0 aromatic heterocycles. The van der Waals surface area contributed by atoms with Gasteiger partial charge < -0.3 is 10.1 Å². The summed E-state index contributed by atoms with van der Waals surface area (Å²) < 4.78 is 5.97. The molecule has 0 spiro atoms. The van der Waals surface area contributed by atoms with Crippen LogP contribution in [0.15, 0.2) is 0 Å². The minimum atomic E-state index is 0.268. The second kappa shape index (κ2) is 6.02. The van der Waals surface area contributed by atoms with Crippen molar-refractivity contribution in [3.05, 3.63) is 0 Å². The van der Waals surface area contributed by atoms with Crippen LogP contribution in [0.1, 0.15) is 47.5 Å². The second-order valence-corrected chi connectivity index (χ2v) is 6.61. The van der Waals surface area contributed by atoms with Crippen molar-refractivity contribution >= 4 is 0 Å². The summed E-state index contributed by atoms with van der Waals surface area (Å²) in [5.41, 5.74) is 0.268. The predicted molar refractivity (Wildman–Crippen MR) is 69.6 cm³/mol. The van der Waals surface area contributed by atoms with Gasteiger partial charge >= 0.3 is 0 Å². The lowest BCUT2D eigenvalue weighted by atomic mass is 9.78. The summed E-state index contributed by atoms with van der Waals surface area (Å²) in [6.07, 6.45) is 2.95. The molecule has 2 heteroatoms. The molecule has 2 nitrogen and oxygen atoms in total. The average Bonchev–Trinajstić information content (AvgIpc) is 2.16. The Labute approximate surface area is 101 Å². The van der Waals surface area contributed by atoms with Gasteiger partial charge in [0.2, 0.25) is 0 Å². The Morgan fingerprint density at radius 3 is 2.56 bits per heavy atom. The Morgan fingerprint density at radius 2 is 2.00 bits per heavy atom. The molecule has 1 fully saturated rings. The molecule has 0 aromatic rings. The van der Waals surface area contributed by atoms with Crippen LogP contribution in [0.25, 0.3) is 0 Å². The van der Waals surface area contributed by atoms with Gasteiger partial charge in [-0.1, -0.05) is 34.6 Å². The maximum absolute atomic E-state index is 5.97. The first-order valence-corrected chi connectivity index (χ1v) is 6.73. The van der Waals surface area contributed by atoms with E-state index in [2.05, 4.69) is 39.9 Å². The molecule has 2 atom stereocenters. The third-order valence-electron chi connectivity index (χ3n) is 3.26. The first-order valence-electron chi connectivity index (χ1n) is 6.73. The normalized spacial score (nSPS) is 27.4. The van der Waals surface area contributed by atoms with E-state index in [0.29, 0.717) is 12.0 Å². The molecule has 1 aliphatic heterocycles. The van der Waals surface area contributed by atoms with E-state index in [0.717, 1.165) is 25.6 Å². The Hall–Kier alpha value is -0.0800. The number of nitrogens with one attached hydrogen (secondary N) is 1. The molecule has 2 unspecified atom stereocenters. The van der Waals surface area contributed by atoms with Crippen LogP contribution in [0.3, 0.4) is 0 Å². The lowest BCUT2D eigenvalue weighted by Crippen LogP contribution is -2.44. The van der Waals surface area contributed by atoms with Crippen molar-refractivity contribution in [2.75, 3.05) is 19.7 Å². The largest absolute Gasteiger partial charge is 0.377 e. The Bertz CT molecular complexity index is 195. The van der Waals surface area contributed by atoms with E-state index < -0.39 is 0 Å². The topological polar surface area (TPSA) is 21.3 Å². The zero-order valence-electron chi connectivity index (χ0n) is 11.7. The van der Waals surface area contributed by atoms with Crippen LogP contribution in [0.5, 0.6) is 0 Å². The van der Waals surface area contributed by atoms with Crippen LogP contribution in [0, 0.1) is 17.3 Å². The summed E-state index contributed by atoms with van der Waals surface area (Å²) in [5.74, 6) is 1.42. The first-order chi connectivity index (χ1) is 7.41. The minimum absolute atomic E-state index is 0.268. The molecule has 1 rings (SSSR count).